The smallest absolute Gasteiger partial charge is 0.225 e. The van der Waals surface area contributed by atoms with Crippen molar-refractivity contribution < 1.29 is 4.79 Å². The minimum atomic E-state index is -0.0396. The first-order valence-corrected chi connectivity index (χ1v) is 8.47. The van der Waals surface area contributed by atoms with Crippen molar-refractivity contribution in [2.24, 2.45) is 0 Å². The number of rotatable bonds is 6. The van der Waals surface area contributed by atoms with Gasteiger partial charge in [0.1, 0.15) is 11.1 Å². The van der Waals surface area contributed by atoms with Crippen molar-refractivity contribution in [3.05, 3.63) is 53.7 Å². The molecule has 0 spiro atoms. The van der Waals surface area contributed by atoms with Crippen molar-refractivity contribution in [3.63, 3.8) is 0 Å². The van der Waals surface area contributed by atoms with E-state index >= 15 is 0 Å². The Kier molecular flexibility index (Phi) is 6.19. The maximum Gasteiger partial charge on any atom is 0.225 e. The summed E-state index contributed by atoms with van der Waals surface area (Å²) in [5.41, 5.74) is 2.31. The third-order valence-electron chi connectivity index (χ3n) is 3.22. The molecule has 0 unspecified atom stereocenters. The average molecular weight is 325 g/mol. The second-order valence-corrected chi connectivity index (χ2v) is 6.45. The van der Waals surface area contributed by atoms with Gasteiger partial charge in [0.2, 0.25) is 5.91 Å². The molecular weight excluding hydrogens is 306 g/mol. The molecule has 5 heteroatoms. The number of nitrogens with one attached hydrogen (secondary N) is 1. The molecule has 0 fully saturated rings. The van der Waals surface area contributed by atoms with Crippen molar-refractivity contribution in [2.75, 3.05) is 11.1 Å². The molecule has 1 aromatic heterocycles. The Morgan fingerprint density at radius 3 is 2.65 bits per heavy atom. The highest BCUT2D eigenvalue weighted by Gasteiger charge is 2.10. The predicted octanol–water partition coefficient (Wildman–Crippen LogP) is 4.20. The van der Waals surface area contributed by atoms with Crippen LogP contribution in [0.1, 0.15) is 37.4 Å². The van der Waals surface area contributed by atoms with Crippen molar-refractivity contribution in [2.45, 2.75) is 31.2 Å². The second-order valence-electron chi connectivity index (χ2n) is 5.37. The maximum atomic E-state index is 11.9. The molecule has 1 heterocycles. The van der Waals surface area contributed by atoms with Gasteiger partial charge in [0.15, 0.2) is 0 Å². The summed E-state index contributed by atoms with van der Waals surface area (Å²) in [6.45, 7) is 4.13. The molecule has 2 rings (SSSR count). The van der Waals surface area contributed by atoms with Crippen LogP contribution in [-0.2, 0) is 4.79 Å². The van der Waals surface area contributed by atoms with Crippen LogP contribution in [0.4, 0.5) is 5.69 Å². The topological polar surface area (TPSA) is 65.8 Å². The van der Waals surface area contributed by atoms with Crippen LogP contribution in [0.5, 0.6) is 0 Å². The molecule has 4 nitrogen and oxygen atoms in total. The van der Waals surface area contributed by atoms with E-state index in [1.165, 1.54) is 11.8 Å². The van der Waals surface area contributed by atoms with E-state index in [1.54, 1.807) is 6.07 Å². The van der Waals surface area contributed by atoms with Gasteiger partial charge >= 0.3 is 0 Å². The van der Waals surface area contributed by atoms with Crippen LogP contribution in [0.2, 0.25) is 0 Å². The van der Waals surface area contributed by atoms with E-state index < -0.39 is 0 Å². The summed E-state index contributed by atoms with van der Waals surface area (Å²) >= 11 is 1.45. The Labute approximate surface area is 140 Å². The molecule has 0 saturated carbocycles. The Morgan fingerprint density at radius 2 is 2.00 bits per heavy atom. The molecule has 1 N–H and O–H groups in total. The molecule has 0 aliphatic rings. The van der Waals surface area contributed by atoms with Gasteiger partial charge in [-0.15, -0.1) is 11.8 Å². The lowest BCUT2D eigenvalue weighted by molar-refractivity contribution is -0.115. The monoisotopic (exact) mass is 325 g/mol. The molecule has 0 saturated heterocycles. The lowest BCUT2D eigenvalue weighted by Gasteiger charge is -2.09. The summed E-state index contributed by atoms with van der Waals surface area (Å²) in [4.78, 5) is 16.5. The van der Waals surface area contributed by atoms with E-state index in [2.05, 4.69) is 30.2 Å². The van der Waals surface area contributed by atoms with Crippen molar-refractivity contribution in [1.29, 1.82) is 5.26 Å². The highest BCUT2D eigenvalue weighted by molar-refractivity contribution is 7.99. The summed E-state index contributed by atoms with van der Waals surface area (Å²) in [5, 5.41) is 12.7. The Hall–Kier alpha value is -2.32. The van der Waals surface area contributed by atoms with Crippen LogP contribution >= 0.6 is 11.8 Å². The number of hydrogen-bond donors (Lipinski definition) is 1. The molecule has 2 aromatic rings. The fourth-order valence-electron chi connectivity index (χ4n) is 1.96. The minimum absolute atomic E-state index is 0.0396. The third kappa shape index (κ3) is 5.11. The summed E-state index contributed by atoms with van der Waals surface area (Å²) < 4.78 is 0. The van der Waals surface area contributed by atoms with Gasteiger partial charge in [-0.1, -0.05) is 32.0 Å². The number of amides is 1. The highest BCUT2D eigenvalue weighted by atomic mass is 32.2. The van der Waals surface area contributed by atoms with Crippen molar-refractivity contribution in [1.82, 2.24) is 4.98 Å². The summed E-state index contributed by atoms with van der Waals surface area (Å²) in [5.74, 6) is 0.854. The number of hydrogen-bond acceptors (Lipinski definition) is 4. The van der Waals surface area contributed by atoms with Gasteiger partial charge in [0.05, 0.1) is 5.56 Å². The average Bonchev–Trinajstić information content (AvgIpc) is 2.55. The number of carbonyl (C=O) groups excluding carboxylic acids is 1. The van der Waals surface area contributed by atoms with E-state index in [0.717, 1.165) is 11.4 Å². The van der Waals surface area contributed by atoms with Gasteiger partial charge in [-0.25, -0.2) is 4.98 Å². The maximum absolute atomic E-state index is 11.9. The first-order chi connectivity index (χ1) is 11.1. The Bertz CT molecular complexity index is 708. The predicted molar refractivity (Wildman–Crippen MR) is 93.5 cm³/mol. The van der Waals surface area contributed by atoms with E-state index in [4.69, 9.17) is 5.26 Å². The lowest BCUT2D eigenvalue weighted by Crippen LogP contribution is -2.12. The molecule has 118 valence electrons. The molecule has 0 radical (unpaired) electrons. The molecule has 0 aliphatic carbocycles. The van der Waals surface area contributed by atoms with Crippen LogP contribution in [0.3, 0.4) is 0 Å². The Morgan fingerprint density at radius 1 is 1.26 bits per heavy atom. The Balaban J connectivity index is 1.92. The molecular formula is C18H19N3OS. The van der Waals surface area contributed by atoms with Crippen LogP contribution < -0.4 is 5.32 Å². The van der Waals surface area contributed by atoms with Crippen LogP contribution in [0.25, 0.3) is 0 Å². The molecule has 23 heavy (non-hydrogen) atoms. The summed E-state index contributed by atoms with van der Waals surface area (Å²) in [6.07, 6.45) is 0.373. The van der Waals surface area contributed by atoms with Crippen molar-refractivity contribution in [3.8, 4) is 6.07 Å². The molecule has 1 amide bonds. The van der Waals surface area contributed by atoms with Gasteiger partial charge in [-0.05, 0) is 30.2 Å². The van der Waals surface area contributed by atoms with Gasteiger partial charge in [-0.3, -0.25) is 4.79 Å². The fourth-order valence-corrected chi connectivity index (χ4v) is 2.88. The number of para-hydroxylation sites is 1. The van der Waals surface area contributed by atoms with Gasteiger partial charge in [0, 0.05) is 23.6 Å². The second kappa shape index (κ2) is 8.35. The molecule has 0 atom stereocenters. The zero-order valence-electron chi connectivity index (χ0n) is 13.2. The fraction of sp³-hybridized carbons (Fsp3) is 0.278. The van der Waals surface area contributed by atoms with Gasteiger partial charge in [0.25, 0.3) is 0 Å². The van der Waals surface area contributed by atoms with Crippen LogP contribution in [-0.4, -0.2) is 16.6 Å². The number of nitrogens with zero attached hydrogens (tertiary/aromatic N) is 2. The summed E-state index contributed by atoms with van der Waals surface area (Å²) in [6, 6.07) is 15.2. The zero-order chi connectivity index (χ0) is 16.7. The quantitative estimate of drug-likeness (QED) is 0.808. The number of anilines is 1. The van der Waals surface area contributed by atoms with E-state index in [1.807, 2.05) is 36.4 Å². The standard InChI is InChI=1S/C18H19N3OS/c1-13(2)16-9-8-14(12-19)18(21-16)23-11-10-17(22)20-15-6-4-3-5-7-15/h3-9,13H,10-11H2,1-2H3,(H,20,22). The lowest BCUT2D eigenvalue weighted by atomic mass is 10.1. The minimum Gasteiger partial charge on any atom is -0.326 e. The number of thioether (sulfide) groups is 1. The SMILES string of the molecule is CC(C)c1ccc(C#N)c(SCCC(=O)Nc2ccccc2)n1. The highest BCUT2D eigenvalue weighted by Crippen LogP contribution is 2.24. The third-order valence-corrected chi connectivity index (χ3v) is 4.21. The van der Waals surface area contributed by atoms with Gasteiger partial charge < -0.3 is 5.32 Å². The number of nitriles is 1. The molecule has 1 aromatic carbocycles. The van der Waals surface area contributed by atoms with E-state index in [-0.39, 0.29) is 5.91 Å². The number of carbonyl (C=O) groups is 1. The van der Waals surface area contributed by atoms with Crippen LogP contribution in [0, 0.1) is 11.3 Å². The summed E-state index contributed by atoms with van der Waals surface area (Å²) in [7, 11) is 0. The number of pyridine rings is 1. The normalized spacial score (nSPS) is 10.3. The molecule has 0 aliphatic heterocycles. The first-order valence-electron chi connectivity index (χ1n) is 7.49. The number of benzene rings is 1. The zero-order valence-corrected chi connectivity index (χ0v) is 14.1. The van der Waals surface area contributed by atoms with E-state index in [0.29, 0.717) is 28.7 Å². The first kappa shape index (κ1) is 17.0. The van der Waals surface area contributed by atoms with E-state index in [9.17, 15) is 4.79 Å². The molecule has 0 bridgehead atoms. The van der Waals surface area contributed by atoms with Crippen LogP contribution in [0.15, 0.2) is 47.5 Å². The largest absolute Gasteiger partial charge is 0.326 e. The van der Waals surface area contributed by atoms with Gasteiger partial charge in [-0.2, -0.15) is 5.26 Å². The number of aromatic nitrogens is 1. The van der Waals surface area contributed by atoms with Crippen molar-refractivity contribution >= 4 is 23.4 Å².